The lowest BCUT2D eigenvalue weighted by Crippen LogP contribution is -2.02. The third kappa shape index (κ3) is 2.40. The second-order valence-corrected chi connectivity index (χ2v) is 5.03. The van der Waals surface area contributed by atoms with Crippen LogP contribution in [0.3, 0.4) is 0 Å². The van der Waals surface area contributed by atoms with E-state index in [1.165, 1.54) is 6.07 Å². The largest absolute Gasteiger partial charge is 0.478 e. The maximum Gasteiger partial charge on any atom is 0.336 e. The number of halogens is 3. The van der Waals surface area contributed by atoms with Crippen molar-refractivity contribution in [1.82, 2.24) is 4.98 Å². The van der Waals surface area contributed by atoms with Crippen LogP contribution in [0.15, 0.2) is 39.4 Å². The van der Waals surface area contributed by atoms with Crippen LogP contribution in [-0.4, -0.2) is 16.1 Å². The van der Waals surface area contributed by atoms with Gasteiger partial charge in [0, 0.05) is 11.5 Å². The minimum atomic E-state index is -1.31. The quantitative estimate of drug-likeness (QED) is 0.748. The first-order valence-electron chi connectivity index (χ1n) is 5.74. The van der Waals surface area contributed by atoms with Crippen LogP contribution in [0.2, 0.25) is 0 Å². The van der Waals surface area contributed by atoms with E-state index >= 15 is 0 Å². The Kier molecular flexibility index (Phi) is 3.21. The van der Waals surface area contributed by atoms with Crippen molar-refractivity contribution in [3.63, 3.8) is 0 Å². The molecule has 0 aliphatic carbocycles. The first kappa shape index (κ1) is 13.7. The molecule has 1 aromatic carbocycles. The molecule has 0 aliphatic rings. The Labute approximate surface area is 125 Å². The Morgan fingerprint density at radius 3 is 2.62 bits per heavy atom. The molecular weight excluding hydrogens is 348 g/mol. The van der Waals surface area contributed by atoms with E-state index in [0.717, 1.165) is 6.07 Å². The van der Waals surface area contributed by atoms with Crippen LogP contribution in [-0.2, 0) is 0 Å². The number of benzene rings is 1. The molecule has 3 aromatic rings. The van der Waals surface area contributed by atoms with E-state index in [9.17, 15) is 18.7 Å². The minimum absolute atomic E-state index is 0.102. The molecule has 4 nitrogen and oxygen atoms in total. The predicted octanol–water partition coefficient (Wildman–Crippen LogP) is 4.23. The Hall–Kier alpha value is -2.28. The Bertz CT molecular complexity index is 876. The van der Waals surface area contributed by atoms with Gasteiger partial charge < -0.3 is 9.52 Å². The summed E-state index contributed by atoms with van der Waals surface area (Å²) in [6, 6.07) is 5.97. The van der Waals surface area contributed by atoms with Gasteiger partial charge in [0.1, 0.15) is 17.0 Å². The molecule has 0 spiro atoms. The van der Waals surface area contributed by atoms with Crippen LogP contribution in [0.25, 0.3) is 22.4 Å². The number of fused-ring (bicyclic) bond motifs is 1. The first-order chi connectivity index (χ1) is 9.95. The smallest absolute Gasteiger partial charge is 0.336 e. The van der Waals surface area contributed by atoms with Gasteiger partial charge in [-0.05, 0) is 40.2 Å². The van der Waals surface area contributed by atoms with E-state index < -0.39 is 17.6 Å². The van der Waals surface area contributed by atoms with Gasteiger partial charge in [0.25, 0.3) is 0 Å². The van der Waals surface area contributed by atoms with Crippen molar-refractivity contribution < 1.29 is 23.1 Å². The fourth-order valence-corrected chi connectivity index (χ4v) is 2.31. The molecule has 2 heterocycles. The number of aromatic carboxylic acids is 1. The SMILES string of the molecule is O=C(O)c1cc(-c2ccc(Br)o2)nc2c(F)cc(F)cc12. The maximum atomic E-state index is 13.9. The molecule has 0 unspecified atom stereocenters. The van der Waals surface area contributed by atoms with Gasteiger partial charge >= 0.3 is 5.97 Å². The molecule has 0 aliphatic heterocycles. The average Bonchev–Trinajstić information content (AvgIpc) is 2.84. The summed E-state index contributed by atoms with van der Waals surface area (Å²) in [6.07, 6.45) is 0. The van der Waals surface area contributed by atoms with Crippen LogP contribution >= 0.6 is 15.9 Å². The van der Waals surface area contributed by atoms with Crippen molar-refractivity contribution in [3.8, 4) is 11.5 Å². The van der Waals surface area contributed by atoms with Gasteiger partial charge in [-0.25, -0.2) is 18.6 Å². The standard InChI is InChI=1S/C14H6BrF2NO3/c15-12-2-1-11(21-12)10-5-8(14(19)20)7-3-6(16)4-9(17)13(7)18-10/h1-5H,(H,19,20). The van der Waals surface area contributed by atoms with E-state index in [-0.39, 0.29) is 27.9 Å². The van der Waals surface area contributed by atoms with Crippen LogP contribution in [0, 0.1) is 11.6 Å². The number of aromatic nitrogens is 1. The van der Waals surface area contributed by atoms with Crippen LogP contribution in [0.4, 0.5) is 8.78 Å². The predicted molar refractivity (Wildman–Crippen MR) is 74.0 cm³/mol. The number of pyridine rings is 1. The summed E-state index contributed by atoms with van der Waals surface area (Å²) >= 11 is 3.12. The Morgan fingerprint density at radius 1 is 1.24 bits per heavy atom. The Balaban J connectivity index is 2.37. The summed E-state index contributed by atoms with van der Waals surface area (Å²) in [4.78, 5) is 15.3. The normalized spacial score (nSPS) is 11.0. The summed E-state index contributed by atoms with van der Waals surface area (Å²) in [7, 11) is 0. The molecule has 7 heteroatoms. The number of rotatable bonds is 2. The van der Waals surface area contributed by atoms with Crippen molar-refractivity contribution in [2.75, 3.05) is 0 Å². The number of carbonyl (C=O) groups is 1. The van der Waals surface area contributed by atoms with Gasteiger partial charge in [0.15, 0.2) is 16.2 Å². The molecule has 0 bridgehead atoms. The lowest BCUT2D eigenvalue weighted by Gasteiger charge is -2.06. The molecule has 0 fully saturated rings. The van der Waals surface area contributed by atoms with Crippen molar-refractivity contribution in [3.05, 3.63) is 52.2 Å². The zero-order valence-corrected chi connectivity index (χ0v) is 11.8. The highest BCUT2D eigenvalue weighted by molar-refractivity contribution is 9.10. The molecule has 106 valence electrons. The lowest BCUT2D eigenvalue weighted by molar-refractivity contribution is 0.0699. The number of carboxylic acids is 1. The number of carboxylic acid groups (broad SMARTS) is 1. The lowest BCUT2D eigenvalue weighted by atomic mass is 10.1. The summed E-state index contributed by atoms with van der Waals surface area (Å²) in [5, 5.41) is 9.13. The molecule has 0 saturated carbocycles. The van der Waals surface area contributed by atoms with E-state index in [1.807, 2.05) is 0 Å². The zero-order chi connectivity index (χ0) is 15.1. The molecule has 0 amide bonds. The van der Waals surface area contributed by atoms with E-state index in [1.54, 1.807) is 12.1 Å². The topological polar surface area (TPSA) is 63.3 Å². The fraction of sp³-hybridized carbons (Fsp3) is 0. The van der Waals surface area contributed by atoms with Crippen LogP contribution in [0.1, 0.15) is 10.4 Å². The highest BCUT2D eigenvalue weighted by Crippen LogP contribution is 2.29. The zero-order valence-electron chi connectivity index (χ0n) is 10.2. The van der Waals surface area contributed by atoms with Crippen LogP contribution in [0.5, 0.6) is 0 Å². The first-order valence-corrected chi connectivity index (χ1v) is 6.54. The molecule has 0 radical (unpaired) electrons. The third-order valence-corrected chi connectivity index (χ3v) is 3.31. The molecule has 21 heavy (non-hydrogen) atoms. The molecule has 0 saturated heterocycles. The summed E-state index contributed by atoms with van der Waals surface area (Å²) in [5.74, 6) is -2.83. The highest BCUT2D eigenvalue weighted by atomic mass is 79.9. The van der Waals surface area contributed by atoms with E-state index in [0.29, 0.717) is 10.7 Å². The van der Waals surface area contributed by atoms with Gasteiger partial charge in [0.2, 0.25) is 0 Å². The monoisotopic (exact) mass is 353 g/mol. The van der Waals surface area contributed by atoms with Gasteiger partial charge in [-0.15, -0.1) is 0 Å². The molecular formula is C14H6BrF2NO3. The van der Waals surface area contributed by atoms with Crippen LogP contribution < -0.4 is 0 Å². The second-order valence-electron chi connectivity index (χ2n) is 4.25. The maximum absolute atomic E-state index is 13.9. The Morgan fingerprint density at radius 2 is 2.00 bits per heavy atom. The van der Waals surface area contributed by atoms with Gasteiger partial charge in [0.05, 0.1) is 5.56 Å². The van der Waals surface area contributed by atoms with Gasteiger partial charge in [-0.2, -0.15) is 0 Å². The number of nitrogens with zero attached hydrogens (tertiary/aromatic N) is 1. The second kappa shape index (κ2) is 4.92. The van der Waals surface area contributed by atoms with Crippen molar-refractivity contribution in [2.24, 2.45) is 0 Å². The molecule has 2 aromatic heterocycles. The third-order valence-electron chi connectivity index (χ3n) is 2.89. The summed E-state index contributed by atoms with van der Waals surface area (Å²) in [5.41, 5.74) is -0.323. The highest BCUT2D eigenvalue weighted by Gasteiger charge is 2.18. The molecule has 3 rings (SSSR count). The number of furan rings is 1. The summed E-state index contributed by atoms with van der Waals surface area (Å²) < 4.78 is 32.8. The molecule has 0 atom stereocenters. The fourth-order valence-electron chi connectivity index (χ4n) is 2.01. The van der Waals surface area contributed by atoms with Crippen molar-refractivity contribution >= 4 is 32.8 Å². The van der Waals surface area contributed by atoms with E-state index in [2.05, 4.69) is 20.9 Å². The van der Waals surface area contributed by atoms with Gasteiger partial charge in [-0.1, -0.05) is 0 Å². The van der Waals surface area contributed by atoms with E-state index in [4.69, 9.17) is 4.42 Å². The van der Waals surface area contributed by atoms with Crippen molar-refractivity contribution in [1.29, 1.82) is 0 Å². The minimum Gasteiger partial charge on any atom is -0.478 e. The number of hydrogen-bond acceptors (Lipinski definition) is 3. The van der Waals surface area contributed by atoms with Crippen molar-refractivity contribution in [2.45, 2.75) is 0 Å². The van der Waals surface area contributed by atoms with Gasteiger partial charge in [-0.3, -0.25) is 0 Å². The number of hydrogen-bond donors (Lipinski definition) is 1. The average molecular weight is 354 g/mol. The molecule has 1 N–H and O–H groups in total. The summed E-state index contributed by atoms with van der Waals surface area (Å²) in [6.45, 7) is 0.